The lowest BCUT2D eigenvalue weighted by Gasteiger charge is -2.21. The molecular weight excluding hydrogens is 398 g/mol. The van der Waals surface area contributed by atoms with Crippen LogP contribution in [0, 0.1) is 10.1 Å². The SMILES string of the molecule is CCCCCC=CCC=CCC=CCC=CCCCC(CC(=O)O)(CC(=O)O)[N+](=O)[O-]. The molecule has 0 rings (SSSR count). The van der Waals surface area contributed by atoms with Crippen molar-refractivity contribution in [3.8, 4) is 0 Å². The lowest BCUT2D eigenvalue weighted by atomic mass is 9.86. The minimum atomic E-state index is -1.96. The molecule has 0 fully saturated rings. The summed E-state index contributed by atoms with van der Waals surface area (Å²) in [6.45, 7) is 2.20. The van der Waals surface area contributed by atoms with Gasteiger partial charge in [-0.1, -0.05) is 68.4 Å². The number of allylic oxidation sites excluding steroid dienone is 8. The Morgan fingerprint density at radius 1 is 0.774 bits per heavy atom. The quantitative estimate of drug-likeness (QED) is 0.110. The first-order chi connectivity index (χ1) is 14.8. The van der Waals surface area contributed by atoms with Crippen LogP contribution in [-0.2, 0) is 9.59 Å². The van der Waals surface area contributed by atoms with Gasteiger partial charge in [-0.3, -0.25) is 19.7 Å². The third-order valence-electron chi connectivity index (χ3n) is 4.82. The van der Waals surface area contributed by atoms with Crippen molar-refractivity contribution >= 4 is 11.9 Å². The van der Waals surface area contributed by atoms with E-state index >= 15 is 0 Å². The van der Waals surface area contributed by atoms with Crippen molar-refractivity contribution in [3.05, 3.63) is 58.7 Å². The van der Waals surface area contributed by atoms with Gasteiger partial charge in [0.05, 0.1) is 0 Å². The summed E-state index contributed by atoms with van der Waals surface area (Å²) in [6.07, 6.45) is 23.4. The summed E-state index contributed by atoms with van der Waals surface area (Å²) >= 11 is 0. The van der Waals surface area contributed by atoms with Gasteiger partial charge in [0.25, 0.3) is 0 Å². The van der Waals surface area contributed by atoms with E-state index in [-0.39, 0.29) is 6.42 Å². The predicted octanol–water partition coefficient (Wildman–Crippen LogP) is 6.10. The molecular formula is C24H37NO6. The summed E-state index contributed by atoms with van der Waals surface area (Å²) < 4.78 is 0. The minimum Gasteiger partial charge on any atom is -0.481 e. The second kappa shape index (κ2) is 18.1. The number of aliphatic carboxylic acids is 2. The fourth-order valence-electron chi connectivity index (χ4n) is 3.13. The second-order valence-electron chi connectivity index (χ2n) is 7.60. The summed E-state index contributed by atoms with van der Waals surface area (Å²) in [5.74, 6) is -2.73. The summed E-state index contributed by atoms with van der Waals surface area (Å²) in [6, 6.07) is 0. The van der Waals surface area contributed by atoms with Crippen LogP contribution >= 0.6 is 0 Å². The van der Waals surface area contributed by atoms with Crippen LogP contribution in [0.5, 0.6) is 0 Å². The van der Waals surface area contributed by atoms with Gasteiger partial charge in [0, 0.05) is 11.3 Å². The van der Waals surface area contributed by atoms with Crippen LogP contribution in [0.15, 0.2) is 48.6 Å². The fraction of sp³-hybridized carbons (Fsp3) is 0.583. The number of unbranched alkanes of at least 4 members (excludes halogenated alkanes) is 4. The summed E-state index contributed by atoms with van der Waals surface area (Å²) in [5, 5.41) is 29.2. The average molecular weight is 436 g/mol. The molecule has 0 aliphatic heterocycles. The Balaban J connectivity index is 4.11. The second-order valence-corrected chi connectivity index (χ2v) is 7.60. The molecule has 0 heterocycles. The highest BCUT2D eigenvalue weighted by Crippen LogP contribution is 2.27. The Hall–Kier alpha value is -2.70. The molecule has 0 aromatic carbocycles. The van der Waals surface area contributed by atoms with Crippen LogP contribution < -0.4 is 0 Å². The van der Waals surface area contributed by atoms with Gasteiger partial charge in [-0.05, 0) is 44.9 Å². The molecule has 31 heavy (non-hydrogen) atoms. The Labute approximate surface area is 185 Å². The number of carboxylic acids is 2. The molecule has 0 amide bonds. The van der Waals surface area contributed by atoms with Crippen LogP contribution in [0.2, 0.25) is 0 Å². The molecule has 174 valence electrons. The largest absolute Gasteiger partial charge is 0.481 e. The number of hydrogen-bond acceptors (Lipinski definition) is 4. The Morgan fingerprint density at radius 2 is 1.19 bits per heavy atom. The average Bonchev–Trinajstić information content (AvgIpc) is 2.69. The minimum absolute atomic E-state index is 0.0867. The molecule has 0 saturated carbocycles. The molecule has 0 atom stereocenters. The highest BCUT2D eigenvalue weighted by Gasteiger charge is 2.46. The zero-order valence-electron chi connectivity index (χ0n) is 18.6. The maximum absolute atomic E-state index is 11.3. The summed E-state index contributed by atoms with van der Waals surface area (Å²) in [4.78, 5) is 32.5. The van der Waals surface area contributed by atoms with Gasteiger partial charge in [0.1, 0.15) is 12.8 Å². The van der Waals surface area contributed by atoms with Crippen LogP contribution in [0.3, 0.4) is 0 Å². The maximum atomic E-state index is 11.3. The Bertz CT molecular complexity index is 632. The van der Waals surface area contributed by atoms with E-state index in [1.165, 1.54) is 19.3 Å². The van der Waals surface area contributed by atoms with Crippen molar-refractivity contribution in [3.63, 3.8) is 0 Å². The maximum Gasteiger partial charge on any atom is 0.310 e. The van der Waals surface area contributed by atoms with Crippen molar-refractivity contribution in [2.24, 2.45) is 0 Å². The third kappa shape index (κ3) is 15.8. The fourth-order valence-corrected chi connectivity index (χ4v) is 3.13. The van der Waals surface area contributed by atoms with E-state index in [4.69, 9.17) is 10.2 Å². The summed E-state index contributed by atoms with van der Waals surface area (Å²) in [7, 11) is 0. The van der Waals surface area contributed by atoms with Crippen molar-refractivity contribution in [2.75, 3.05) is 0 Å². The van der Waals surface area contributed by atoms with E-state index in [0.29, 0.717) is 12.8 Å². The van der Waals surface area contributed by atoms with Gasteiger partial charge in [0.2, 0.25) is 5.54 Å². The molecule has 0 aromatic heterocycles. The van der Waals surface area contributed by atoms with Gasteiger partial charge in [-0.15, -0.1) is 0 Å². The summed E-state index contributed by atoms with van der Waals surface area (Å²) in [5.41, 5.74) is -1.96. The monoisotopic (exact) mass is 435 g/mol. The van der Waals surface area contributed by atoms with E-state index in [9.17, 15) is 19.7 Å². The lowest BCUT2D eigenvalue weighted by Crippen LogP contribution is -2.42. The Morgan fingerprint density at radius 3 is 1.58 bits per heavy atom. The molecule has 7 nitrogen and oxygen atoms in total. The molecule has 7 heteroatoms. The number of carboxylic acid groups (broad SMARTS) is 2. The normalized spacial score (nSPS) is 12.5. The van der Waals surface area contributed by atoms with Crippen LogP contribution in [-0.4, -0.2) is 32.6 Å². The zero-order valence-corrected chi connectivity index (χ0v) is 18.6. The molecule has 0 aromatic rings. The number of hydrogen-bond donors (Lipinski definition) is 2. The molecule has 0 radical (unpaired) electrons. The zero-order chi connectivity index (χ0) is 23.4. The molecule has 0 unspecified atom stereocenters. The van der Waals surface area contributed by atoms with E-state index in [1.54, 1.807) is 0 Å². The first-order valence-corrected chi connectivity index (χ1v) is 11.0. The first-order valence-electron chi connectivity index (χ1n) is 11.0. The Kier molecular flexibility index (Phi) is 16.5. The van der Waals surface area contributed by atoms with Crippen molar-refractivity contribution in [1.29, 1.82) is 0 Å². The molecule has 2 N–H and O–H groups in total. The van der Waals surface area contributed by atoms with E-state index in [2.05, 4.69) is 37.3 Å². The van der Waals surface area contributed by atoms with Crippen molar-refractivity contribution in [2.45, 2.75) is 89.5 Å². The van der Waals surface area contributed by atoms with Crippen LogP contribution in [0.25, 0.3) is 0 Å². The first kappa shape index (κ1) is 28.3. The highest BCUT2D eigenvalue weighted by atomic mass is 16.6. The van der Waals surface area contributed by atoms with E-state index in [1.807, 2.05) is 18.2 Å². The molecule has 0 saturated heterocycles. The van der Waals surface area contributed by atoms with Crippen molar-refractivity contribution < 1.29 is 24.7 Å². The smallest absolute Gasteiger partial charge is 0.310 e. The standard InChI is InChI=1S/C24H37NO6/c1-2-3-4-5-6-7-8-9-10-11-12-13-14-15-16-17-18-19-24(25(30)31,20-22(26)27)21-23(28)29/h6-7,9-10,12-13,15-16H,2-5,8,11,14,17-21H2,1H3,(H,26,27)(H,28,29). The van der Waals surface area contributed by atoms with Crippen molar-refractivity contribution in [1.82, 2.24) is 0 Å². The molecule has 0 aliphatic rings. The number of carbonyl (C=O) groups is 2. The third-order valence-corrected chi connectivity index (χ3v) is 4.82. The molecule has 0 bridgehead atoms. The van der Waals surface area contributed by atoms with Gasteiger partial charge >= 0.3 is 11.9 Å². The van der Waals surface area contributed by atoms with Gasteiger partial charge in [0.15, 0.2) is 0 Å². The lowest BCUT2D eigenvalue weighted by molar-refractivity contribution is -0.569. The predicted molar refractivity (Wildman–Crippen MR) is 123 cm³/mol. The van der Waals surface area contributed by atoms with Gasteiger partial charge in [-0.25, -0.2) is 0 Å². The molecule has 0 spiro atoms. The van der Waals surface area contributed by atoms with Crippen LogP contribution in [0.1, 0.15) is 84.0 Å². The van der Waals surface area contributed by atoms with E-state index < -0.39 is 35.2 Å². The highest BCUT2D eigenvalue weighted by molar-refractivity contribution is 5.72. The number of nitrogens with zero attached hydrogens (tertiary/aromatic N) is 1. The number of rotatable bonds is 19. The topological polar surface area (TPSA) is 118 Å². The van der Waals surface area contributed by atoms with E-state index in [0.717, 1.165) is 25.7 Å². The van der Waals surface area contributed by atoms with Gasteiger partial charge < -0.3 is 10.2 Å². The van der Waals surface area contributed by atoms with Crippen LogP contribution in [0.4, 0.5) is 0 Å². The molecule has 0 aliphatic carbocycles. The number of nitro groups is 1. The van der Waals surface area contributed by atoms with Gasteiger partial charge in [-0.2, -0.15) is 0 Å².